The van der Waals surface area contributed by atoms with E-state index in [1.54, 1.807) is 0 Å². The topological polar surface area (TPSA) is 100 Å². The number of hydrogen-bond donors (Lipinski definition) is 0. The lowest BCUT2D eigenvalue weighted by atomic mass is 10.0. The van der Waals surface area contributed by atoms with Crippen LogP contribution in [0.4, 0.5) is 4.39 Å². The van der Waals surface area contributed by atoms with Gasteiger partial charge in [0.2, 0.25) is 15.0 Å². The van der Waals surface area contributed by atoms with E-state index in [2.05, 4.69) is 9.97 Å². The predicted molar refractivity (Wildman–Crippen MR) is 96.4 cm³/mol. The van der Waals surface area contributed by atoms with Crippen LogP contribution < -0.4 is 15.0 Å². The smallest absolute Gasteiger partial charge is 0.259 e. The van der Waals surface area contributed by atoms with Gasteiger partial charge in [-0.15, -0.1) is 0 Å². The number of halogens is 1. The summed E-state index contributed by atoms with van der Waals surface area (Å²) in [4.78, 5) is 20.6. The van der Waals surface area contributed by atoms with Crippen molar-refractivity contribution in [3.63, 3.8) is 0 Å². The van der Waals surface area contributed by atoms with E-state index in [1.165, 1.54) is 45.7 Å². The van der Waals surface area contributed by atoms with E-state index in [0.29, 0.717) is 11.1 Å². The summed E-state index contributed by atoms with van der Waals surface area (Å²) in [6.07, 6.45) is 2.25. The summed E-state index contributed by atoms with van der Waals surface area (Å²) in [7, 11) is 0.496. The molecule has 0 fully saturated rings. The number of rotatable bonds is 4. The third kappa shape index (κ3) is 3.23. The summed E-state index contributed by atoms with van der Waals surface area (Å²) in [6.45, 7) is 0. The maximum absolute atomic E-state index is 14.8. The van der Waals surface area contributed by atoms with E-state index in [-0.39, 0.29) is 22.5 Å². The van der Waals surface area contributed by atoms with Crippen LogP contribution in [0.2, 0.25) is 0 Å². The molecule has 3 rings (SSSR count). The van der Waals surface area contributed by atoms with Gasteiger partial charge >= 0.3 is 0 Å². The van der Waals surface area contributed by atoms with E-state index < -0.39 is 26.4 Å². The third-order valence-corrected chi connectivity index (χ3v) is 4.88. The molecule has 0 aliphatic rings. The number of fused-ring (bicyclic) bond motifs is 1. The minimum absolute atomic E-state index is 0.0131. The van der Waals surface area contributed by atoms with Gasteiger partial charge in [0.25, 0.3) is 5.56 Å². The van der Waals surface area contributed by atoms with Gasteiger partial charge in [-0.1, -0.05) is 0 Å². The number of pyridine rings is 1. The number of methoxy groups -OCH3 is 2. The summed E-state index contributed by atoms with van der Waals surface area (Å²) >= 11 is 0. The summed E-state index contributed by atoms with van der Waals surface area (Å²) in [5.74, 6) is -0.479. The van der Waals surface area contributed by atoms with Gasteiger partial charge < -0.3 is 9.47 Å². The van der Waals surface area contributed by atoms with Crippen molar-refractivity contribution in [2.24, 2.45) is 7.05 Å². The van der Waals surface area contributed by atoms with Crippen molar-refractivity contribution in [2.75, 3.05) is 20.5 Å². The second kappa shape index (κ2) is 6.62. The van der Waals surface area contributed by atoms with Crippen LogP contribution in [0.3, 0.4) is 0 Å². The van der Waals surface area contributed by atoms with Crippen LogP contribution in [0.1, 0.15) is 0 Å². The van der Waals surface area contributed by atoms with Gasteiger partial charge in [-0.3, -0.25) is 9.36 Å². The molecule has 3 aromatic rings. The molecule has 0 saturated carbocycles. The molecule has 0 amide bonds. The molecule has 1 aromatic carbocycles. The number of aryl methyl sites for hydroxylation is 1. The maximum Gasteiger partial charge on any atom is 0.259 e. The maximum atomic E-state index is 14.8. The number of sulfone groups is 1. The van der Waals surface area contributed by atoms with Gasteiger partial charge in [-0.2, -0.15) is 4.98 Å². The largest absolute Gasteiger partial charge is 0.497 e. The molecule has 0 aliphatic heterocycles. The molecule has 0 radical (unpaired) electrons. The fourth-order valence-corrected chi connectivity index (χ4v) is 3.13. The molecule has 0 saturated heterocycles. The summed E-state index contributed by atoms with van der Waals surface area (Å²) in [6, 6.07) is 4.15. The first-order chi connectivity index (χ1) is 12.7. The van der Waals surface area contributed by atoms with Crippen LogP contribution >= 0.6 is 0 Å². The first-order valence-corrected chi connectivity index (χ1v) is 9.55. The van der Waals surface area contributed by atoms with Gasteiger partial charge in [0.15, 0.2) is 11.6 Å². The highest BCUT2D eigenvalue weighted by molar-refractivity contribution is 7.90. The lowest BCUT2D eigenvalue weighted by Crippen LogP contribution is -2.21. The van der Waals surface area contributed by atoms with Crippen molar-refractivity contribution < 1.29 is 22.3 Å². The minimum atomic E-state index is -3.64. The van der Waals surface area contributed by atoms with Gasteiger partial charge in [0.05, 0.1) is 19.8 Å². The molecule has 10 heteroatoms. The number of nitrogens with zero attached hydrogens (tertiary/aromatic N) is 3. The number of hydrogen-bond acceptors (Lipinski definition) is 7. The van der Waals surface area contributed by atoms with Gasteiger partial charge in [0, 0.05) is 36.5 Å². The van der Waals surface area contributed by atoms with E-state index in [1.807, 2.05) is 0 Å². The number of benzene rings is 1. The van der Waals surface area contributed by atoms with Crippen LogP contribution in [0, 0.1) is 5.82 Å². The van der Waals surface area contributed by atoms with Crippen molar-refractivity contribution >= 4 is 20.9 Å². The van der Waals surface area contributed by atoms with Crippen molar-refractivity contribution in [3.8, 4) is 22.6 Å². The fraction of sp³-hybridized carbons (Fsp3) is 0.235. The van der Waals surface area contributed by atoms with Crippen molar-refractivity contribution in [3.05, 3.63) is 40.6 Å². The number of aromatic nitrogens is 3. The Morgan fingerprint density at radius 1 is 1.11 bits per heavy atom. The standard InChI is InChI=1S/C17H16FN3O5S/c1-21-15-9(8-19-17(20-15)27(4,23)24)5-12(16(21)22)11-6-10(25-2)7-13(26-3)14(11)18/h5-8H,1-4H3. The molecule has 0 atom stereocenters. The number of ether oxygens (including phenoxy) is 2. The molecule has 27 heavy (non-hydrogen) atoms. The Balaban J connectivity index is 2.35. The SMILES string of the molecule is COc1cc(OC)c(F)c(-c2cc3cnc(S(C)(=O)=O)nc3n(C)c2=O)c1. The summed E-state index contributed by atoms with van der Waals surface area (Å²) in [5.41, 5.74) is -0.416. The molecule has 0 bridgehead atoms. The van der Waals surface area contributed by atoms with E-state index >= 15 is 0 Å². The molecule has 2 heterocycles. The van der Waals surface area contributed by atoms with Crippen molar-refractivity contribution in [1.82, 2.24) is 14.5 Å². The average molecular weight is 393 g/mol. The highest BCUT2D eigenvalue weighted by atomic mass is 32.2. The van der Waals surface area contributed by atoms with Crippen LogP contribution in [0.5, 0.6) is 11.5 Å². The molecule has 8 nitrogen and oxygen atoms in total. The molecule has 0 aliphatic carbocycles. The minimum Gasteiger partial charge on any atom is -0.497 e. The first kappa shape index (κ1) is 18.8. The zero-order valence-electron chi connectivity index (χ0n) is 15.0. The van der Waals surface area contributed by atoms with E-state index in [0.717, 1.165) is 10.8 Å². The Labute approximate surface area is 154 Å². The van der Waals surface area contributed by atoms with Gasteiger partial charge in [-0.25, -0.2) is 17.8 Å². The summed E-state index contributed by atoms with van der Waals surface area (Å²) < 4.78 is 49.4. The summed E-state index contributed by atoms with van der Waals surface area (Å²) in [5, 5.41) is -0.0207. The zero-order chi connectivity index (χ0) is 19.9. The van der Waals surface area contributed by atoms with Crippen LogP contribution in [-0.2, 0) is 16.9 Å². The van der Waals surface area contributed by atoms with Crippen LogP contribution in [-0.4, -0.2) is 43.4 Å². The highest BCUT2D eigenvalue weighted by Gasteiger charge is 2.20. The second-order valence-electron chi connectivity index (χ2n) is 5.82. The normalized spacial score (nSPS) is 11.6. The van der Waals surface area contributed by atoms with E-state index in [9.17, 15) is 17.6 Å². The zero-order valence-corrected chi connectivity index (χ0v) is 15.8. The Kier molecular flexibility index (Phi) is 4.60. The monoisotopic (exact) mass is 393 g/mol. The highest BCUT2D eigenvalue weighted by Crippen LogP contribution is 2.33. The Morgan fingerprint density at radius 2 is 1.81 bits per heavy atom. The Bertz CT molecular complexity index is 1220. The van der Waals surface area contributed by atoms with Crippen LogP contribution in [0.25, 0.3) is 22.2 Å². The molecular weight excluding hydrogens is 377 g/mol. The van der Waals surface area contributed by atoms with Crippen molar-refractivity contribution in [1.29, 1.82) is 0 Å². The first-order valence-electron chi connectivity index (χ1n) is 7.66. The van der Waals surface area contributed by atoms with Gasteiger partial charge in [0.1, 0.15) is 11.4 Å². The molecule has 142 valence electrons. The quantitative estimate of drug-likeness (QED) is 0.620. The van der Waals surface area contributed by atoms with Gasteiger partial charge in [-0.05, 0) is 12.1 Å². The van der Waals surface area contributed by atoms with E-state index in [4.69, 9.17) is 9.47 Å². The predicted octanol–water partition coefficient (Wildman–Crippen LogP) is 1.56. The fourth-order valence-electron chi connectivity index (χ4n) is 2.64. The van der Waals surface area contributed by atoms with Crippen LogP contribution in [0.15, 0.2) is 34.3 Å². The lowest BCUT2D eigenvalue weighted by Gasteiger charge is -2.12. The lowest BCUT2D eigenvalue weighted by molar-refractivity contribution is 0.375. The van der Waals surface area contributed by atoms with Crippen molar-refractivity contribution in [2.45, 2.75) is 5.16 Å². The molecule has 0 N–H and O–H groups in total. The molecule has 0 spiro atoms. The molecule has 0 unspecified atom stereocenters. The Hall–Kier alpha value is -3.01. The average Bonchev–Trinajstić information content (AvgIpc) is 2.64. The Morgan fingerprint density at radius 3 is 2.41 bits per heavy atom. The third-order valence-electron chi connectivity index (χ3n) is 4.02. The molecular formula is C17H16FN3O5S. The second-order valence-corrected chi connectivity index (χ2v) is 7.73. The molecule has 2 aromatic heterocycles.